The lowest BCUT2D eigenvalue weighted by Gasteiger charge is -2.34. The highest BCUT2D eigenvalue weighted by Gasteiger charge is 2.30. The Morgan fingerprint density at radius 1 is 1.39 bits per heavy atom. The van der Waals surface area contributed by atoms with Crippen molar-refractivity contribution in [3.8, 4) is 5.75 Å². The molecular formula is C13H16BrNO3. The standard InChI is InChI=1S/C13H16BrNO3/c1-17-10-6-9(7-10)15-13(16)11-4-3-8(14)5-12(11)18-2/h3-5,9-10H,6-7H2,1-2H3,(H,15,16). The van der Waals surface area contributed by atoms with Crippen LogP contribution >= 0.6 is 15.9 Å². The average molecular weight is 314 g/mol. The first-order valence-electron chi connectivity index (χ1n) is 5.81. The number of carbonyl (C=O) groups is 1. The first-order valence-corrected chi connectivity index (χ1v) is 6.60. The normalized spacial score (nSPS) is 22.2. The van der Waals surface area contributed by atoms with Crippen molar-refractivity contribution in [1.82, 2.24) is 5.32 Å². The maximum atomic E-state index is 12.1. The quantitative estimate of drug-likeness (QED) is 0.928. The molecule has 1 aliphatic rings. The van der Waals surface area contributed by atoms with E-state index in [2.05, 4.69) is 21.2 Å². The first-order chi connectivity index (χ1) is 8.63. The third-order valence-corrected chi connectivity index (χ3v) is 3.66. The van der Waals surface area contributed by atoms with Gasteiger partial charge in [-0.2, -0.15) is 0 Å². The Morgan fingerprint density at radius 3 is 2.72 bits per heavy atom. The van der Waals surface area contributed by atoms with Crippen molar-refractivity contribution < 1.29 is 14.3 Å². The van der Waals surface area contributed by atoms with Crippen LogP contribution in [0.3, 0.4) is 0 Å². The molecule has 0 bridgehead atoms. The third-order valence-electron chi connectivity index (χ3n) is 3.17. The van der Waals surface area contributed by atoms with Crippen molar-refractivity contribution in [2.75, 3.05) is 14.2 Å². The molecule has 0 saturated heterocycles. The van der Waals surface area contributed by atoms with Crippen molar-refractivity contribution >= 4 is 21.8 Å². The molecule has 1 fully saturated rings. The Balaban J connectivity index is 2.01. The van der Waals surface area contributed by atoms with Crippen molar-refractivity contribution in [1.29, 1.82) is 0 Å². The molecule has 1 N–H and O–H groups in total. The molecule has 0 radical (unpaired) electrons. The van der Waals surface area contributed by atoms with Gasteiger partial charge in [0.1, 0.15) is 5.75 Å². The molecule has 1 aromatic carbocycles. The van der Waals surface area contributed by atoms with Gasteiger partial charge in [0.05, 0.1) is 18.8 Å². The molecule has 0 atom stereocenters. The number of methoxy groups -OCH3 is 2. The van der Waals surface area contributed by atoms with Gasteiger partial charge in [-0.05, 0) is 31.0 Å². The van der Waals surface area contributed by atoms with Crippen LogP contribution in [0.25, 0.3) is 0 Å². The molecule has 5 heteroatoms. The van der Waals surface area contributed by atoms with Gasteiger partial charge in [0.25, 0.3) is 5.91 Å². The Labute approximate surface area is 115 Å². The lowest BCUT2D eigenvalue weighted by molar-refractivity contribution is 0.0176. The summed E-state index contributed by atoms with van der Waals surface area (Å²) in [4.78, 5) is 12.1. The molecule has 0 heterocycles. The van der Waals surface area contributed by atoms with Gasteiger partial charge < -0.3 is 14.8 Å². The van der Waals surface area contributed by atoms with Gasteiger partial charge in [0.2, 0.25) is 0 Å². The van der Waals surface area contributed by atoms with E-state index >= 15 is 0 Å². The summed E-state index contributed by atoms with van der Waals surface area (Å²) in [5.74, 6) is 0.475. The predicted molar refractivity (Wildman–Crippen MR) is 72.0 cm³/mol. The Morgan fingerprint density at radius 2 is 2.11 bits per heavy atom. The molecule has 0 unspecified atom stereocenters. The van der Waals surface area contributed by atoms with Gasteiger partial charge in [0.15, 0.2) is 0 Å². The Bertz CT molecular complexity index is 444. The summed E-state index contributed by atoms with van der Waals surface area (Å²) in [6.45, 7) is 0. The van der Waals surface area contributed by atoms with Gasteiger partial charge in [0, 0.05) is 17.6 Å². The molecule has 0 spiro atoms. The number of hydrogen-bond donors (Lipinski definition) is 1. The van der Waals surface area contributed by atoms with E-state index in [0.717, 1.165) is 17.3 Å². The van der Waals surface area contributed by atoms with E-state index in [-0.39, 0.29) is 18.1 Å². The topological polar surface area (TPSA) is 47.6 Å². The van der Waals surface area contributed by atoms with Crippen LogP contribution < -0.4 is 10.1 Å². The van der Waals surface area contributed by atoms with E-state index in [1.54, 1.807) is 26.4 Å². The maximum Gasteiger partial charge on any atom is 0.255 e. The Kier molecular flexibility index (Phi) is 4.24. The minimum absolute atomic E-state index is 0.0982. The van der Waals surface area contributed by atoms with E-state index in [9.17, 15) is 4.79 Å². The third kappa shape index (κ3) is 2.84. The van der Waals surface area contributed by atoms with Crippen molar-refractivity contribution in [2.45, 2.75) is 25.0 Å². The molecule has 2 rings (SSSR count). The monoisotopic (exact) mass is 313 g/mol. The molecule has 1 saturated carbocycles. The maximum absolute atomic E-state index is 12.1. The van der Waals surface area contributed by atoms with E-state index in [0.29, 0.717) is 11.3 Å². The summed E-state index contributed by atoms with van der Waals surface area (Å²) in [5, 5.41) is 2.98. The number of ether oxygens (including phenoxy) is 2. The SMILES string of the molecule is COc1cc(Br)ccc1C(=O)NC1CC(OC)C1. The molecule has 0 aliphatic heterocycles. The second-order valence-corrected chi connectivity index (χ2v) is 5.26. The molecule has 1 aliphatic carbocycles. The summed E-state index contributed by atoms with van der Waals surface area (Å²) in [5.41, 5.74) is 0.557. The fourth-order valence-corrected chi connectivity index (χ4v) is 2.33. The number of benzene rings is 1. The van der Waals surface area contributed by atoms with Crippen LogP contribution in [0.15, 0.2) is 22.7 Å². The molecule has 98 valence electrons. The molecule has 18 heavy (non-hydrogen) atoms. The summed E-state index contributed by atoms with van der Waals surface area (Å²) >= 11 is 3.35. The fourth-order valence-electron chi connectivity index (χ4n) is 1.99. The van der Waals surface area contributed by atoms with Gasteiger partial charge in [-0.25, -0.2) is 0 Å². The number of hydrogen-bond acceptors (Lipinski definition) is 3. The average Bonchev–Trinajstić information content (AvgIpc) is 2.32. The highest BCUT2D eigenvalue weighted by Crippen LogP contribution is 2.26. The first kappa shape index (κ1) is 13.4. The molecular weight excluding hydrogens is 298 g/mol. The van der Waals surface area contributed by atoms with Gasteiger partial charge >= 0.3 is 0 Å². The van der Waals surface area contributed by atoms with E-state index < -0.39 is 0 Å². The number of amides is 1. The van der Waals surface area contributed by atoms with Crippen LogP contribution in [0.2, 0.25) is 0 Å². The van der Waals surface area contributed by atoms with Crippen LogP contribution in [-0.4, -0.2) is 32.3 Å². The lowest BCUT2D eigenvalue weighted by Crippen LogP contribution is -2.47. The molecule has 1 aromatic rings. The van der Waals surface area contributed by atoms with Crippen LogP contribution in [0.5, 0.6) is 5.75 Å². The molecule has 0 aromatic heterocycles. The van der Waals surface area contributed by atoms with Crippen LogP contribution in [0, 0.1) is 0 Å². The zero-order valence-electron chi connectivity index (χ0n) is 10.4. The summed E-state index contributed by atoms with van der Waals surface area (Å²) in [6, 6.07) is 5.57. The predicted octanol–water partition coefficient (Wildman–Crippen LogP) is 2.36. The Hall–Kier alpha value is -1.07. The van der Waals surface area contributed by atoms with Gasteiger partial charge in [-0.15, -0.1) is 0 Å². The number of nitrogens with one attached hydrogen (secondary N) is 1. The van der Waals surface area contributed by atoms with Gasteiger partial charge in [-0.3, -0.25) is 4.79 Å². The van der Waals surface area contributed by atoms with E-state index in [1.165, 1.54) is 0 Å². The molecule has 4 nitrogen and oxygen atoms in total. The van der Waals surface area contributed by atoms with Crippen LogP contribution in [0.1, 0.15) is 23.2 Å². The summed E-state index contributed by atoms with van der Waals surface area (Å²) < 4.78 is 11.3. The highest BCUT2D eigenvalue weighted by molar-refractivity contribution is 9.10. The van der Waals surface area contributed by atoms with Crippen molar-refractivity contribution in [3.05, 3.63) is 28.2 Å². The van der Waals surface area contributed by atoms with Gasteiger partial charge in [-0.1, -0.05) is 15.9 Å². The zero-order chi connectivity index (χ0) is 13.1. The smallest absolute Gasteiger partial charge is 0.255 e. The zero-order valence-corrected chi connectivity index (χ0v) is 12.0. The van der Waals surface area contributed by atoms with Crippen LogP contribution in [-0.2, 0) is 4.74 Å². The number of carbonyl (C=O) groups excluding carboxylic acids is 1. The summed E-state index contributed by atoms with van der Waals surface area (Å²) in [7, 11) is 3.25. The fraction of sp³-hybridized carbons (Fsp3) is 0.462. The molecule has 1 amide bonds. The second-order valence-electron chi connectivity index (χ2n) is 4.34. The van der Waals surface area contributed by atoms with E-state index in [4.69, 9.17) is 9.47 Å². The minimum Gasteiger partial charge on any atom is -0.496 e. The van der Waals surface area contributed by atoms with Crippen LogP contribution in [0.4, 0.5) is 0 Å². The lowest BCUT2D eigenvalue weighted by atomic mass is 9.89. The number of halogens is 1. The summed E-state index contributed by atoms with van der Waals surface area (Å²) in [6.07, 6.45) is 2.03. The number of rotatable bonds is 4. The van der Waals surface area contributed by atoms with Crippen molar-refractivity contribution in [3.63, 3.8) is 0 Å². The van der Waals surface area contributed by atoms with E-state index in [1.807, 2.05) is 6.07 Å². The largest absolute Gasteiger partial charge is 0.496 e. The minimum atomic E-state index is -0.0982. The van der Waals surface area contributed by atoms with Crippen molar-refractivity contribution in [2.24, 2.45) is 0 Å². The second kappa shape index (κ2) is 5.71. The highest BCUT2D eigenvalue weighted by atomic mass is 79.9.